The monoisotopic (exact) mass is 907 g/mol. The van der Waals surface area contributed by atoms with Crippen molar-refractivity contribution in [2.45, 2.75) is 115 Å². The van der Waals surface area contributed by atoms with Gasteiger partial charge in [-0.3, -0.25) is 19.2 Å². The third kappa shape index (κ3) is 16.2. The number of benzene rings is 2. The van der Waals surface area contributed by atoms with Crippen molar-refractivity contribution in [2.24, 2.45) is 34.0 Å². The summed E-state index contributed by atoms with van der Waals surface area (Å²) in [5.41, 5.74) is 18.3. The number of ether oxygens (including phenoxy) is 4. The Hall–Kier alpha value is -4.93. The standard InChI is InChI=1S/C49H78N8O8/c1-56(2)49(57(3)4)55-36-19-15-34(16-20-36)28-42(59)38-29-37(43(62-5)31-44(38)63-6)41(58)27-33-13-17-35(18-14-33)54-48(61)40-30-39(47(60)53-24-23-52)45(64-25-11-7-9-21-50)32-46(40)65-26-12-8-10-22-51/h29-36H,7-28,50-52H2,1-6H3,(H,53,60)(H,54,61). The van der Waals surface area contributed by atoms with Crippen molar-refractivity contribution in [1.29, 1.82) is 0 Å². The maximum Gasteiger partial charge on any atom is 0.255 e. The third-order valence-electron chi connectivity index (χ3n) is 12.4. The Morgan fingerprint density at radius 2 is 1.05 bits per heavy atom. The fourth-order valence-corrected chi connectivity index (χ4v) is 8.77. The summed E-state index contributed by atoms with van der Waals surface area (Å²) in [6.07, 6.45) is 12.0. The molecule has 65 heavy (non-hydrogen) atoms. The van der Waals surface area contributed by atoms with Crippen LogP contribution in [0.15, 0.2) is 29.3 Å². The zero-order chi connectivity index (χ0) is 47.3. The number of methoxy groups -OCH3 is 2. The van der Waals surface area contributed by atoms with Gasteiger partial charge in [-0.15, -0.1) is 0 Å². The first-order valence-electron chi connectivity index (χ1n) is 23.7. The Kier molecular flexibility index (Phi) is 22.3. The first-order chi connectivity index (χ1) is 31.3. The van der Waals surface area contributed by atoms with Crippen molar-refractivity contribution < 1.29 is 38.1 Å². The molecule has 2 aliphatic rings. The average molecular weight is 907 g/mol. The second-order valence-electron chi connectivity index (χ2n) is 17.9. The number of nitrogens with one attached hydrogen (secondary N) is 2. The maximum atomic E-state index is 14.1. The highest BCUT2D eigenvalue weighted by molar-refractivity contribution is 6.05. The zero-order valence-corrected chi connectivity index (χ0v) is 40.0. The normalized spacial score (nSPS) is 18.2. The van der Waals surface area contributed by atoms with Gasteiger partial charge in [0.1, 0.15) is 23.0 Å². The number of guanidine groups is 1. The van der Waals surface area contributed by atoms with Crippen LogP contribution in [0.5, 0.6) is 23.0 Å². The number of hydrogen-bond acceptors (Lipinski definition) is 12. The quantitative estimate of drug-likeness (QED) is 0.0337. The molecule has 16 nitrogen and oxygen atoms in total. The van der Waals surface area contributed by atoms with Gasteiger partial charge in [0.2, 0.25) is 0 Å². The second-order valence-corrected chi connectivity index (χ2v) is 17.9. The van der Waals surface area contributed by atoms with Crippen LogP contribution in [0.4, 0.5) is 0 Å². The van der Waals surface area contributed by atoms with E-state index < -0.39 is 5.91 Å². The van der Waals surface area contributed by atoms with Crippen molar-refractivity contribution in [1.82, 2.24) is 20.4 Å². The molecule has 0 aliphatic heterocycles. The highest BCUT2D eigenvalue weighted by Crippen LogP contribution is 2.37. The van der Waals surface area contributed by atoms with Crippen LogP contribution in [0, 0.1) is 11.8 Å². The van der Waals surface area contributed by atoms with E-state index in [1.54, 1.807) is 24.3 Å². The van der Waals surface area contributed by atoms with E-state index in [-0.39, 0.29) is 72.0 Å². The Bertz CT molecular complexity index is 1860. The molecule has 0 bridgehead atoms. The number of unbranched alkanes of at least 4 members (excludes halogenated alkanes) is 4. The van der Waals surface area contributed by atoms with Crippen LogP contribution in [-0.2, 0) is 0 Å². The number of nitrogens with two attached hydrogens (primary N) is 3. The first-order valence-corrected chi connectivity index (χ1v) is 23.7. The van der Waals surface area contributed by atoms with E-state index in [1.807, 2.05) is 38.0 Å². The Labute approximate surface area is 387 Å². The number of amides is 2. The van der Waals surface area contributed by atoms with Crippen LogP contribution in [0.2, 0.25) is 0 Å². The fourth-order valence-electron chi connectivity index (χ4n) is 8.77. The van der Waals surface area contributed by atoms with Crippen molar-refractivity contribution in [3.63, 3.8) is 0 Å². The van der Waals surface area contributed by atoms with E-state index in [2.05, 4.69) is 10.6 Å². The van der Waals surface area contributed by atoms with Crippen LogP contribution >= 0.6 is 0 Å². The van der Waals surface area contributed by atoms with Gasteiger partial charge in [-0.05, 0) is 127 Å². The van der Waals surface area contributed by atoms with Gasteiger partial charge in [-0.1, -0.05) is 0 Å². The Morgan fingerprint density at radius 3 is 1.51 bits per heavy atom. The smallest absolute Gasteiger partial charge is 0.255 e. The van der Waals surface area contributed by atoms with Crippen molar-refractivity contribution in [2.75, 3.05) is 81.8 Å². The number of carbonyl (C=O) groups excluding carboxylic acids is 4. The summed E-state index contributed by atoms with van der Waals surface area (Å²) in [6.45, 7) is 2.45. The van der Waals surface area contributed by atoms with Crippen molar-refractivity contribution >= 4 is 29.3 Å². The van der Waals surface area contributed by atoms with Crippen LogP contribution < -0.4 is 46.8 Å². The maximum absolute atomic E-state index is 14.1. The summed E-state index contributed by atoms with van der Waals surface area (Å²) >= 11 is 0. The van der Waals surface area contributed by atoms with Crippen LogP contribution in [0.1, 0.15) is 144 Å². The van der Waals surface area contributed by atoms with Crippen LogP contribution in [0.25, 0.3) is 0 Å². The first kappa shape index (κ1) is 52.7. The van der Waals surface area contributed by atoms with Gasteiger partial charge in [0.15, 0.2) is 17.5 Å². The summed E-state index contributed by atoms with van der Waals surface area (Å²) in [4.78, 5) is 64.3. The highest BCUT2D eigenvalue weighted by Gasteiger charge is 2.30. The zero-order valence-electron chi connectivity index (χ0n) is 40.0. The summed E-state index contributed by atoms with van der Waals surface area (Å²) in [5.74, 6) is 1.77. The number of aliphatic imine (C=N–C) groups is 1. The van der Waals surface area contributed by atoms with Gasteiger partial charge >= 0.3 is 0 Å². The molecule has 2 saturated carbocycles. The molecular formula is C49H78N8O8. The average Bonchev–Trinajstić information content (AvgIpc) is 3.30. The van der Waals surface area contributed by atoms with Crippen molar-refractivity contribution in [3.8, 4) is 23.0 Å². The minimum Gasteiger partial charge on any atom is -0.496 e. The predicted molar refractivity (Wildman–Crippen MR) is 256 cm³/mol. The van der Waals surface area contributed by atoms with Crippen LogP contribution in [0.3, 0.4) is 0 Å². The Morgan fingerprint density at radius 1 is 0.585 bits per heavy atom. The van der Waals surface area contributed by atoms with E-state index in [0.29, 0.717) is 92.5 Å². The number of rotatable bonds is 26. The lowest BCUT2D eigenvalue weighted by Crippen LogP contribution is -2.38. The molecule has 0 aromatic heterocycles. The van der Waals surface area contributed by atoms with Gasteiger partial charge in [0, 0.05) is 72.3 Å². The lowest BCUT2D eigenvalue weighted by Gasteiger charge is -2.29. The number of hydrogen-bond donors (Lipinski definition) is 5. The molecule has 0 spiro atoms. The minimum absolute atomic E-state index is 0.0482. The second kappa shape index (κ2) is 27.5. The minimum atomic E-state index is -0.394. The topological polar surface area (TPSA) is 226 Å². The molecule has 4 rings (SSSR count). The number of ketones is 2. The predicted octanol–water partition coefficient (Wildman–Crippen LogP) is 5.58. The molecule has 0 saturated heterocycles. The van der Waals surface area contributed by atoms with Gasteiger partial charge in [0.05, 0.1) is 55.7 Å². The fraction of sp³-hybridized carbons (Fsp3) is 0.653. The molecule has 2 aliphatic carbocycles. The van der Waals surface area contributed by atoms with Gasteiger partial charge in [-0.2, -0.15) is 0 Å². The number of carbonyl (C=O) groups is 4. The molecule has 0 radical (unpaired) electrons. The SMILES string of the molecule is COc1cc(OC)c(C(=O)CC2CCC(NC(=O)c3cc(C(=O)NCCN)c(OCCCCCN)cc3OCCCCCN)CC2)cc1C(=O)CC1CCC(N=C(N(C)C)N(C)C)CC1. The van der Waals surface area contributed by atoms with E-state index in [9.17, 15) is 19.2 Å². The molecular weight excluding hydrogens is 829 g/mol. The van der Waals surface area contributed by atoms with E-state index in [0.717, 1.165) is 70.2 Å². The largest absolute Gasteiger partial charge is 0.496 e. The molecule has 2 amide bonds. The highest BCUT2D eigenvalue weighted by atomic mass is 16.5. The lowest BCUT2D eigenvalue weighted by atomic mass is 9.81. The molecule has 0 heterocycles. The van der Waals surface area contributed by atoms with Gasteiger partial charge < -0.3 is 56.6 Å². The summed E-state index contributed by atoms with van der Waals surface area (Å²) < 4.78 is 23.6. The molecule has 16 heteroatoms. The molecule has 362 valence electrons. The van der Waals surface area contributed by atoms with E-state index in [4.69, 9.17) is 41.1 Å². The van der Waals surface area contributed by atoms with E-state index >= 15 is 0 Å². The molecule has 8 N–H and O–H groups in total. The van der Waals surface area contributed by atoms with Gasteiger partial charge in [-0.25, -0.2) is 4.99 Å². The molecule has 2 fully saturated rings. The molecule has 2 aromatic rings. The van der Waals surface area contributed by atoms with E-state index in [1.165, 1.54) is 14.2 Å². The summed E-state index contributed by atoms with van der Waals surface area (Å²) in [7, 11) is 11.0. The molecule has 0 unspecified atom stereocenters. The van der Waals surface area contributed by atoms with Crippen LogP contribution in [-0.4, -0.2) is 133 Å². The lowest BCUT2D eigenvalue weighted by molar-refractivity contribution is 0.0891. The molecule has 0 atom stereocenters. The number of Topliss-reactive ketones (excluding diaryl/α,β-unsaturated/α-hetero) is 2. The third-order valence-corrected chi connectivity index (χ3v) is 12.4. The number of nitrogens with zero attached hydrogens (tertiary/aromatic N) is 3. The van der Waals surface area contributed by atoms with Crippen molar-refractivity contribution in [3.05, 3.63) is 46.5 Å². The Balaban J connectivity index is 1.42. The molecule has 2 aromatic carbocycles. The summed E-state index contributed by atoms with van der Waals surface area (Å²) in [6, 6.07) is 6.56. The van der Waals surface area contributed by atoms with Gasteiger partial charge in [0.25, 0.3) is 11.8 Å². The summed E-state index contributed by atoms with van der Waals surface area (Å²) in [5, 5.41) is 5.99.